The Hall–Kier alpha value is -1.26. The highest BCUT2D eigenvalue weighted by Gasteiger charge is 2.40. The molecule has 0 atom stereocenters. The predicted molar refractivity (Wildman–Crippen MR) is 60.0 cm³/mol. The van der Waals surface area contributed by atoms with Crippen molar-refractivity contribution in [3.63, 3.8) is 0 Å². The Labute approximate surface area is 95.9 Å². The fourth-order valence-electron chi connectivity index (χ4n) is 1.53. The molecule has 1 rings (SSSR count). The van der Waals surface area contributed by atoms with Crippen LogP contribution in [0.15, 0.2) is 0 Å². The lowest BCUT2D eigenvalue weighted by atomic mass is 10.0. The van der Waals surface area contributed by atoms with E-state index in [2.05, 4.69) is 22.3 Å². The van der Waals surface area contributed by atoms with Crippen molar-refractivity contribution in [2.45, 2.75) is 33.1 Å². The topological polar surface area (TPSA) is 67.4 Å². The number of urea groups is 1. The third kappa shape index (κ3) is 4.08. The first-order chi connectivity index (χ1) is 7.62. The largest absolute Gasteiger partial charge is 0.465 e. The van der Waals surface area contributed by atoms with Gasteiger partial charge in [-0.3, -0.25) is 4.79 Å². The highest BCUT2D eigenvalue weighted by atomic mass is 16.5. The number of hydrogen-bond acceptors (Lipinski definition) is 3. The fraction of sp³-hybridized carbons (Fsp3) is 0.818. The van der Waals surface area contributed by atoms with Crippen molar-refractivity contribution < 1.29 is 14.3 Å². The highest BCUT2D eigenvalue weighted by Crippen LogP contribution is 2.47. The summed E-state index contributed by atoms with van der Waals surface area (Å²) < 4.78 is 4.69. The van der Waals surface area contributed by atoms with Crippen molar-refractivity contribution in [2.75, 3.05) is 19.7 Å². The van der Waals surface area contributed by atoms with Gasteiger partial charge >= 0.3 is 12.0 Å². The van der Waals surface area contributed by atoms with Crippen molar-refractivity contribution >= 4 is 12.0 Å². The first-order valence-electron chi connectivity index (χ1n) is 5.79. The van der Waals surface area contributed by atoms with Gasteiger partial charge in [-0.1, -0.05) is 6.92 Å². The molecule has 16 heavy (non-hydrogen) atoms. The van der Waals surface area contributed by atoms with E-state index >= 15 is 0 Å². The van der Waals surface area contributed by atoms with Gasteiger partial charge in [-0.15, -0.1) is 0 Å². The zero-order valence-corrected chi connectivity index (χ0v) is 9.97. The lowest BCUT2D eigenvalue weighted by Crippen LogP contribution is -2.41. The van der Waals surface area contributed by atoms with E-state index in [0.717, 1.165) is 6.42 Å². The number of hydrogen-bond donors (Lipinski definition) is 2. The van der Waals surface area contributed by atoms with E-state index in [1.54, 1.807) is 6.92 Å². The number of esters is 1. The summed E-state index contributed by atoms with van der Waals surface area (Å²) >= 11 is 0. The fourth-order valence-corrected chi connectivity index (χ4v) is 1.53. The zero-order valence-electron chi connectivity index (χ0n) is 9.97. The van der Waals surface area contributed by atoms with Crippen LogP contribution in [-0.4, -0.2) is 31.7 Å². The van der Waals surface area contributed by atoms with E-state index in [1.807, 2.05) is 0 Å². The quantitative estimate of drug-likeness (QED) is 0.667. The van der Waals surface area contributed by atoms with Crippen molar-refractivity contribution in [1.29, 1.82) is 0 Å². The van der Waals surface area contributed by atoms with Crippen molar-refractivity contribution in [1.82, 2.24) is 10.6 Å². The average molecular weight is 228 g/mol. The van der Waals surface area contributed by atoms with Gasteiger partial charge < -0.3 is 15.4 Å². The smallest absolute Gasteiger partial charge is 0.325 e. The van der Waals surface area contributed by atoms with Crippen LogP contribution in [0.5, 0.6) is 0 Å². The molecule has 1 saturated carbocycles. The molecule has 5 nitrogen and oxygen atoms in total. The number of ether oxygens (including phenoxy) is 1. The molecular formula is C11H20N2O3. The van der Waals surface area contributed by atoms with Gasteiger partial charge in [0.25, 0.3) is 0 Å². The molecule has 0 radical (unpaired) electrons. The zero-order chi connectivity index (χ0) is 12.0. The van der Waals surface area contributed by atoms with Crippen LogP contribution in [0.4, 0.5) is 4.79 Å². The molecule has 0 aromatic rings. The molecule has 0 aliphatic heterocycles. The summed E-state index contributed by atoms with van der Waals surface area (Å²) in [5.74, 6) is -0.408. The van der Waals surface area contributed by atoms with Gasteiger partial charge in [0.2, 0.25) is 0 Å². The van der Waals surface area contributed by atoms with E-state index in [-0.39, 0.29) is 12.6 Å². The normalized spacial score (nSPS) is 16.4. The molecule has 92 valence electrons. The molecule has 0 saturated heterocycles. The highest BCUT2D eigenvalue weighted by molar-refractivity contribution is 5.80. The van der Waals surface area contributed by atoms with Gasteiger partial charge in [-0.2, -0.15) is 0 Å². The summed E-state index contributed by atoms with van der Waals surface area (Å²) in [7, 11) is 0. The molecule has 5 heteroatoms. The maximum atomic E-state index is 11.3. The second kappa shape index (κ2) is 5.72. The van der Waals surface area contributed by atoms with E-state index in [1.165, 1.54) is 12.8 Å². The lowest BCUT2D eigenvalue weighted by Gasteiger charge is -2.13. The molecule has 0 bridgehead atoms. The van der Waals surface area contributed by atoms with Crippen LogP contribution in [0.2, 0.25) is 0 Å². The maximum Gasteiger partial charge on any atom is 0.325 e. The first kappa shape index (κ1) is 12.8. The number of nitrogens with one attached hydrogen (secondary N) is 2. The number of amides is 2. The Morgan fingerprint density at radius 2 is 1.94 bits per heavy atom. The molecule has 0 spiro atoms. The standard InChI is InChI=1S/C11H20N2O3/c1-3-11(5-6-11)8-13-10(15)12-7-9(14)16-4-2/h3-8H2,1-2H3,(H2,12,13,15). The van der Waals surface area contributed by atoms with E-state index in [0.29, 0.717) is 18.6 Å². The van der Waals surface area contributed by atoms with E-state index < -0.39 is 5.97 Å². The minimum atomic E-state index is -0.408. The van der Waals surface area contributed by atoms with Gasteiger partial charge in [-0.05, 0) is 31.6 Å². The minimum absolute atomic E-state index is 0.0706. The molecular weight excluding hydrogens is 208 g/mol. The predicted octanol–water partition coefficient (Wildman–Crippen LogP) is 1.04. The van der Waals surface area contributed by atoms with Gasteiger partial charge in [0, 0.05) is 6.54 Å². The maximum absolute atomic E-state index is 11.3. The molecule has 2 amide bonds. The molecule has 1 aliphatic rings. The average Bonchev–Trinajstić information content (AvgIpc) is 3.05. The molecule has 2 N–H and O–H groups in total. The number of rotatable bonds is 6. The van der Waals surface area contributed by atoms with Crippen LogP contribution >= 0.6 is 0 Å². The molecule has 1 aliphatic carbocycles. The molecule has 0 aromatic carbocycles. The Morgan fingerprint density at radius 1 is 1.25 bits per heavy atom. The third-order valence-electron chi connectivity index (χ3n) is 3.03. The Morgan fingerprint density at radius 3 is 2.44 bits per heavy atom. The third-order valence-corrected chi connectivity index (χ3v) is 3.03. The van der Waals surface area contributed by atoms with Gasteiger partial charge in [0.05, 0.1) is 6.61 Å². The molecule has 0 aromatic heterocycles. The SMILES string of the molecule is CCOC(=O)CNC(=O)NCC1(CC)CC1. The molecule has 1 fully saturated rings. The second-order valence-corrected chi connectivity index (χ2v) is 4.19. The van der Waals surface area contributed by atoms with Crippen LogP contribution in [0.3, 0.4) is 0 Å². The van der Waals surface area contributed by atoms with Gasteiger partial charge in [0.15, 0.2) is 0 Å². The Kier molecular flexibility index (Phi) is 4.58. The van der Waals surface area contributed by atoms with Crippen molar-refractivity contribution in [3.8, 4) is 0 Å². The van der Waals surface area contributed by atoms with Crippen LogP contribution in [0.1, 0.15) is 33.1 Å². The summed E-state index contributed by atoms with van der Waals surface area (Å²) in [5.41, 5.74) is 0.321. The minimum Gasteiger partial charge on any atom is -0.465 e. The van der Waals surface area contributed by atoms with Crippen molar-refractivity contribution in [3.05, 3.63) is 0 Å². The summed E-state index contributed by atoms with van der Waals surface area (Å²) in [5, 5.41) is 5.24. The Balaban J connectivity index is 2.09. The van der Waals surface area contributed by atoms with E-state index in [9.17, 15) is 9.59 Å². The summed E-state index contributed by atoms with van der Waals surface area (Å²) in [6.45, 7) is 4.82. The van der Waals surface area contributed by atoms with Gasteiger partial charge in [-0.25, -0.2) is 4.79 Å². The molecule has 0 heterocycles. The van der Waals surface area contributed by atoms with Crippen LogP contribution in [0.25, 0.3) is 0 Å². The monoisotopic (exact) mass is 228 g/mol. The summed E-state index contributed by atoms with van der Waals surface area (Å²) in [6.07, 6.45) is 3.45. The van der Waals surface area contributed by atoms with Crippen LogP contribution < -0.4 is 10.6 Å². The van der Waals surface area contributed by atoms with E-state index in [4.69, 9.17) is 0 Å². The Bertz CT molecular complexity index is 262. The van der Waals surface area contributed by atoms with Crippen LogP contribution in [-0.2, 0) is 9.53 Å². The summed E-state index contributed by atoms with van der Waals surface area (Å²) in [4.78, 5) is 22.3. The van der Waals surface area contributed by atoms with Gasteiger partial charge in [0.1, 0.15) is 6.54 Å². The summed E-state index contributed by atoms with van der Waals surface area (Å²) in [6, 6.07) is -0.298. The number of carbonyl (C=O) groups is 2. The lowest BCUT2D eigenvalue weighted by molar-refractivity contribution is -0.141. The number of carbonyl (C=O) groups excluding carboxylic acids is 2. The second-order valence-electron chi connectivity index (χ2n) is 4.19. The van der Waals surface area contributed by atoms with Crippen molar-refractivity contribution in [2.24, 2.45) is 5.41 Å². The first-order valence-corrected chi connectivity index (χ1v) is 5.79. The molecule has 0 unspecified atom stereocenters. The van der Waals surface area contributed by atoms with Crippen LogP contribution in [0, 0.1) is 5.41 Å².